The molecule has 1 aromatic rings. The van der Waals surface area contributed by atoms with E-state index in [1.54, 1.807) is 11.8 Å². The molecule has 1 aliphatic carbocycles. The van der Waals surface area contributed by atoms with Gasteiger partial charge in [0.05, 0.1) is 5.54 Å². The number of fused-ring (bicyclic) bond motifs is 1. The molecule has 3 rings (SSSR count). The van der Waals surface area contributed by atoms with Crippen molar-refractivity contribution in [1.82, 2.24) is 0 Å². The highest BCUT2D eigenvalue weighted by molar-refractivity contribution is 8.13. The zero-order valence-electron chi connectivity index (χ0n) is 14.5. The Bertz CT molecular complexity index is 630. The van der Waals surface area contributed by atoms with E-state index < -0.39 is 0 Å². The first kappa shape index (κ1) is 15.9. The predicted octanol–water partition coefficient (Wildman–Crippen LogP) is 4.70. The van der Waals surface area contributed by atoms with Crippen molar-refractivity contribution >= 4 is 16.9 Å². The number of hydrogen-bond donors (Lipinski definition) is 1. The van der Waals surface area contributed by atoms with Gasteiger partial charge in [-0.05, 0) is 53.7 Å². The molecule has 1 heterocycles. The number of benzene rings is 1. The van der Waals surface area contributed by atoms with Gasteiger partial charge in [0.2, 0.25) is 0 Å². The standard InChI is InChI=1S/C19H28N2S/c1-17(2)8-9-18(3,4)15-12-13(6-7-14(15)17)19(5)10-11-22-16(20)21-19/h6-7,12H,8-11H2,1-5H3,(H2,20,21). The summed E-state index contributed by atoms with van der Waals surface area (Å²) in [4.78, 5) is 4.77. The van der Waals surface area contributed by atoms with Crippen LogP contribution in [0.25, 0.3) is 0 Å². The molecule has 0 saturated heterocycles. The van der Waals surface area contributed by atoms with Crippen molar-refractivity contribution in [2.75, 3.05) is 5.75 Å². The van der Waals surface area contributed by atoms with Crippen molar-refractivity contribution in [2.45, 2.75) is 70.3 Å². The van der Waals surface area contributed by atoms with Crippen molar-refractivity contribution in [1.29, 1.82) is 0 Å². The Kier molecular flexibility index (Phi) is 3.63. The average Bonchev–Trinajstić information content (AvgIpc) is 2.43. The molecule has 1 aliphatic heterocycles. The predicted molar refractivity (Wildman–Crippen MR) is 97.8 cm³/mol. The van der Waals surface area contributed by atoms with Gasteiger partial charge in [-0.2, -0.15) is 0 Å². The molecule has 0 saturated carbocycles. The summed E-state index contributed by atoms with van der Waals surface area (Å²) < 4.78 is 0. The highest BCUT2D eigenvalue weighted by Gasteiger charge is 2.38. The molecule has 0 amide bonds. The lowest BCUT2D eigenvalue weighted by Crippen LogP contribution is -2.35. The maximum atomic E-state index is 5.99. The number of aliphatic imine (C=N–C) groups is 1. The number of thioether (sulfide) groups is 1. The summed E-state index contributed by atoms with van der Waals surface area (Å²) in [6.07, 6.45) is 3.56. The lowest BCUT2D eigenvalue weighted by atomic mass is 9.62. The molecule has 22 heavy (non-hydrogen) atoms. The molecule has 2 N–H and O–H groups in total. The molecule has 0 fully saturated rings. The van der Waals surface area contributed by atoms with Gasteiger partial charge in [0.15, 0.2) is 5.17 Å². The smallest absolute Gasteiger partial charge is 0.154 e. The molecule has 2 nitrogen and oxygen atoms in total. The molecule has 1 atom stereocenters. The molecule has 3 heteroatoms. The Balaban J connectivity index is 2.12. The van der Waals surface area contributed by atoms with E-state index in [9.17, 15) is 0 Å². The van der Waals surface area contributed by atoms with Crippen LogP contribution in [0.4, 0.5) is 0 Å². The Morgan fingerprint density at radius 1 is 0.955 bits per heavy atom. The molecule has 1 aromatic carbocycles. The van der Waals surface area contributed by atoms with Crippen molar-refractivity contribution in [3.8, 4) is 0 Å². The summed E-state index contributed by atoms with van der Waals surface area (Å²) in [6.45, 7) is 11.7. The van der Waals surface area contributed by atoms with Crippen LogP contribution in [0, 0.1) is 0 Å². The fraction of sp³-hybridized carbons (Fsp3) is 0.632. The van der Waals surface area contributed by atoms with Gasteiger partial charge in [-0.25, -0.2) is 0 Å². The molecular formula is C19H28N2S. The minimum absolute atomic E-state index is 0.165. The van der Waals surface area contributed by atoms with Crippen LogP contribution in [0.5, 0.6) is 0 Å². The van der Waals surface area contributed by atoms with E-state index in [1.807, 2.05) is 0 Å². The van der Waals surface area contributed by atoms with Gasteiger partial charge in [0, 0.05) is 5.75 Å². The van der Waals surface area contributed by atoms with Gasteiger partial charge in [-0.3, -0.25) is 4.99 Å². The van der Waals surface area contributed by atoms with E-state index in [-0.39, 0.29) is 16.4 Å². The molecular weight excluding hydrogens is 288 g/mol. The fourth-order valence-corrected chi connectivity index (χ4v) is 4.79. The minimum Gasteiger partial charge on any atom is -0.379 e. The van der Waals surface area contributed by atoms with Crippen LogP contribution in [0.3, 0.4) is 0 Å². The van der Waals surface area contributed by atoms with Gasteiger partial charge in [-0.15, -0.1) is 0 Å². The second-order valence-corrected chi connectivity index (χ2v) is 9.47. The quantitative estimate of drug-likeness (QED) is 0.815. The van der Waals surface area contributed by atoms with Crippen LogP contribution in [0.2, 0.25) is 0 Å². The van der Waals surface area contributed by atoms with Crippen molar-refractivity contribution in [3.63, 3.8) is 0 Å². The Labute approximate surface area is 139 Å². The van der Waals surface area contributed by atoms with Gasteiger partial charge in [-0.1, -0.05) is 57.7 Å². The summed E-state index contributed by atoms with van der Waals surface area (Å²) in [7, 11) is 0. The third-order valence-electron chi connectivity index (χ3n) is 5.67. The summed E-state index contributed by atoms with van der Waals surface area (Å²) >= 11 is 1.67. The van der Waals surface area contributed by atoms with E-state index in [0.717, 1.165) is 17.3 Å². The van der Waals surface area contributed by atoms with Crippen molar-refractivity contribution < 1.29 is 0 Å². The highest BCUT2D eigenvalue weighted by Crippen LogP contribution is 2.47. The maximum absolute atomic E-state index is 5.99. The number of nitrogens with two attached hydrogens (primary N) is 1. The van der Waals surface area contributed by atoms with E-state index in [0.29, 0.717) is 0 Å². The Morgan fingerprint density at radius 2 is 1.59 bits per heavy atom. The number of hydrogen-bond acceptors (Lipinski definition) is 3. The summed E-state index contributed by atoms with van der Waals surface area (Å²) in [5, 5.41) is 0.728. The summed E-state index contributed by atoms with van der Waals surface area (Å²) in [5.41, 5.74) is 10.7. The number of rotatable bonds is 1. The first-order valence-electron chi connectivity index (χ1n) is 8.28. The molecule has 2 aliphatic rings. The van der Waals surface area contributed by atoms with E-state index >= 15 is 0 Å². The first-order chi connectivity index (χ1) is 10.1. The van der Waals surface area contributed by atoms with Crippen molar-refractivity contribution in [3.05, 3.63) is 34.9 Å². The third kappa shape index (κ3) is 2.58. The van der Waals surface area contributed by atoms with Crippen LogP contribution in [0.15, 0.2) is 23.2 Å². The number of nitrogens with zero attached hydrogens (tertiary/aromatic N) is 1. The fourth-order valence-electron chi connectivity index (χ4n) is 3.82. The van der Waals surface area contributed by atoms with Crippen LogP contribution in [-0.4, -0.2) is 10.9 Å². The number of amidine groups is 1. The largest absolute Gasteiger partial charge is 0.379 e. The molecule has 0 bridgehead atoms. The van der Waals surface area contributed by atoms with E-state index in [4.69, 9.17) is 10.7 Å². The van der Waals surface area contributed by atoms with Crippen LogP contribution < -0.4 is 5.73 Å². The second kappa shape index (κ2) is 5.02. The zero-order chi connectivity index (χ0) is 16.2. The monoisotopic (exact) mass is 316 g/mol. The normalized spacial score (nSPS) is 29.6. The maximum Gasteiger partial charge on any atom is 0.154 e. The summed E-state index contributed by atoms with van der Waals surface area (Å²) in [5.74, 6) is 1.05. The first-order valence-corrected chi connectivity index (χ1v) is 9.26. The Hall–Kier alpha value is -0.960. The van der Waals surface area contributed by atoms with Gasteiger partial charge >= 0.3 is 0 Å². The van der Waals surface area contributed by atoms with Crippen LogP contribution in [-0.2, 0) is 16.4 Å². The molecule has 0 spiro atoms. The van der Waals surface area contributed by atoms with E-state index in [1.165, 1.54) is 29.5 Å². The third-order valence-corrected chi connectivity index (χ3v) is 6.47. The lowest BCUT2D eigenvalue weighted by molar-refractivity contribution is 0.330. The minimum atomic E-state index is -0.165. The highest BCUT2D eigenvalue weighted by atomic mass is 32.2. The van der Waals surface area contributed by atoms with E-state index in [2.05, 4.69) is 52.8 Å². The molecule has 1 unspecified atom stereocenters. The van der Waals surface area contributed by atoms with Gasteiger partial charge in [0.1, 0.15) is 0 Å². The van der Waals surface area contributed by atoms with Gasteiger partial charge in [0.25, 0.3) is 0 Å². The topological polar surface area (TPSA) is 38.4 Å². The SMILES string of the molecule is CC1(C)CCC(C)(C)c2cc(C3(C)CCSC(N)=N3)ccc21. The molecule has 120 valence electrons. The molecule has 0 aromatic heterocycles. The molecule has 0 radical (unpaired) electrons. The zero-order valence-corrected chi connectivity index (χ0v) is 15.3. The second-order valence-electron chi connectivity index (χ2n) is 8.35. The Morgan fingerprint density at radius 3 is 2.23 bits per heavy atom. The van der Waals surface area contributed by atoms with Crippen LogP contribution in [0.1, 0.15) is 70.6 Å². The average molecular weight is 317 g/mol. The van der Waals surface area contributed by atoms with Gasteiger partial charge < -0.3 is 5.73 Å². The van der Waals surface area contributed by atoms with Crippen molar-refractivity contribution in [2.24, 2.45) is 10.7 Å². The summed E-state index contributed by atoms with van der Waals surface area (Å²) in [6, 6.07) is 7.06. The van der Waals surface area contributed by atoms with Crippen LogP contribution >= 0.6 is 11.8 Å². The lowest BCUT2D eigenvalue weighted by Gasteiger charge is -2.43.